The number of pyridine rings is 1. The summed E-state index contributed by atoms with van der Waals surface area (Å²) in [7, 11) is 0. The summed E-state index contributed by atoms with van der Waals surface area (Å²) in [5, 5.41) is 0. The summed E-state index contributed by atoms with van der Waals surface area (Å²) in [5.74, 6) is -0.0130. The highest BCUT2D eigenvalue weighted by Gasteiger charge is 2.16. The molecule has 1 aromatic heterocycles. The van der Waals surface area contributed by atoms with Crippen LogP contribution in [0.1, 0.15) is 12.5 Å². The third-order valence-electron chi connectivity index (χ3n) is 2.00. The molecule has 0 saturated heterocycles. The van der Waals surface area contributed by atoms with Crippen LogP contribution < -0.4 is 11.5 Å². The smallest absolute Gasteiger partial charge is 0.323 e. The first-order valence-electron chi connectivity index (χ1n) is 4.86. The van der Waals surface area contributed by atoms with Crippen molar-refractivity contribution in [2.24, 2.45) is 5.73 Å². The van der Waals surface area contributed by atoms with Gasteiger partial charge in [0.25, 0.3) is 0 Å². The van der Waals surface area contributed by atoms with Gasteiger partial charge >= 0.3 is 5.97 Å². The summed E-state index contributed by atoms with van der Waals surface area (Å²) < 4.78 is 5.78. The molecule has 16 heavy (non-hydrogen) atoms. The average molecular weight is 335 g/mol. The van der Waals surface area contributed by atoms with Gasteiger partial charge in [0, 0.05) is 16.2 Å². The van der Waals surface area contributed by atoms with Crippen LogP contribution in [0.4, 0.5) is 5.82 Å². The Morgan fingerprint density at radius 3 is 3.00 bits per heavy atom. The highest BCUT2D eigenvalue weighted by molar-refractivity contribution is 14.1. The number of nitrogens with zero attached hydrogens (tertiary/aromatic N) is 1. The molecule has 4 N–H and O–H groups in total. The molecule has 0 amide bonds. The lowest BCUT2D eigenvalue weighted by atomic mass is 10.1. The molecular weight excluding hydrogens is 321 g/mol. The SMILES string of the molecule is CCOC(=O)C(N)Cc1cc(I)cnc1N. The molecule has 6 heteroatoms. The van der Waals surface area contributed by atoms with Crippen LogP contribution in [-0.4, -0.2) is 23.6 Å². The Labute approximate surface area is 108 Å². The quantitative estimate of drug-likeness (QED) is 0.624. The fourth-order valence-corrected chi connectivity index (χ4v) is 1.74. The highest BCUT2D eigenvalue weighted by atomic mass is 127. The molecule has 1 atom stereocenters. The van der Waals surface area contributed by atoms with Gasteiger partial charge in [-0.15, -0.1) is 0 Å². The van der Waals surface area contributed by atoms with Crippen LogP contribution in [0, 0.1) is 3.57 Å². The molecule has 88 valence electrons. The van der Waals surface area contributed by atoms with E-state index in [4.69, 9.17) is 16.2 Å². The molecule has 0 spiro atoms. The summed E-state index contributed by atoms with van der Waals surface area (Å²) in [5.41, 5.74) is 12.2. The number of nitrogen functional groups attached to an aromatic ring is 1. The van der Waals surface area contributed by atoms with Crippen molar-refractivity contribution in [2.75, 3.05) is 12.3 Å². The maximum atomic E-state index is 11.3. The molecule has 1 aromatic rings. The third-order valence-corrected chi connectivity index (χ3v) is 2.59. The lowest BCUT2D eigenvalue weighted by Gasteiger charge is -2.11. The van der Waals surface area contributed by atoms with Gasteiger partial charge in [-0.3, -0.25) is 4.79 Å². The number of anilines is 1. The van der Waals surface area contributed by atoms with Crippen molar-refractivity contribution in [2.45, 2.75) is 19.4 Å². The van der Waals surface area contributed by atoms with Crippen LogP contribution in [0.25, 0.3) is 0 Å². The number of hydrogen-bond donors (Lipinski definition) is 2. The molecule has 0 fully saturated rings. The van der Waals surface area contributed by atoms with Gasteiger partial charge in [0.1, 0.15) is 11.9 Å². The fraction of sp³-hybridized carbons (Fsp3) is 0.400. The molecule has 1 rings (SSSR count). The van der Waals surface area contributed by atoms with Crippen molar-refractivity contribution in [1.29, 1.82) is 0 Å². The zero-order valence-corrected chi connectivity index (χ0v) is 11.1. The van der Waals surface area contributed by atoms with Crippen molar-refractivity contribution in [3.05, 3.63) is 21.4 Å². The first-order chi connectivity index (χ1) is 7.54. The zero-order chi connectivity index (χ0) is 12.1. The van der Waals surface area contributed by atoms with E-state index in [1.54, 1.807) is 13.1 Å². The third kappa shape index (κ3) is 3.60. The number of rotatable bonds is 4. The largest absolute Gasteiger partial charge is 0.465 e. The number of aromatic nitrogens is 1. The normalized spacial score (nSPS) is 12.2. The molecule has 0 aromatic carbocycles. The van der Waals surface area contributed by atoms with E-state index in [0.717, 1.165) is 9.13 Å². The van der Waals surface area contributed by atoms with Gasteiger partial charge < -0.3 is 16.2 Å². The van der Waals surface area contributed by atoms with Gasteiger partial charge in [-0.2, -0.15) is 0 Å². The topological polar surface area (TPSA) is 91.2 Å². The first-order valence-corrected chi connectivity index (χ1v) is 5.94. The Bertz CT molecular complexity index is 384. The number of ether oxygens (including phenoxy) is 1. The second-order valence-electron chi connectivity index (χ2n) is 3.26. The molecule has 0 aliphatic carbocycles. The molecule has 0 aliphatic rings. The van der Waals surface area contributed by atoms with Crippen LogP contribution in [0.15, 0.2) is 12.3 Å². The Kier molecular flexibility index (Phi) is 4.94. The van der Waals surface area contributed by atoms with Crippen LogP contribution in [0.2, 0.25) is 0 Å². The van der Waals surface area contributed by atoms with E-state index < -0.39 is 12.0 Å². The first kappa shape index (κ1) is 13.2. The monoisotopic (exact) mass is 335 g/mol. The van der Waals surface area contributed by atoms with Crippen LogP contribution in [-0.2, 0) is 16.0 Å². The van der Waals surface area contributed by atoms with E-state index in [1.165, 1.54) is 0 Å². The minimum atomic E-state index is -0.692. The van der Waals surface area contributed by atoms with Crippen molar-refractivity contribution >= 4 is 34.4 Å². The van der Waals surface area contributed by atoms with E-state index in [9.17, 15) is 4.79 Å². The Morgan fingerprint density at radius 2 is 2.38 bits per heavy atom. The van der Waals surface area contributed by atoms with Crippen LogP contribution in [0.5, 0.6) is 0 Å². The van der Waals surface area contributed by atoms with Crippen molar-refractivity contribution in [1.82, 2.24) is 4.98 Å². The molecule has 0 aliphatic heterocycles. The Balaban J connectivity index is 2.72. The maximum absolute atomic E-state index is 11.3. The lowest BCUT2D eigenvalue weighted by molar-refractivity contribution is -0.144. The number of esters is 1. The molecule has 5 nitrogen and oxygen atoms in total. The standard InChI is InChI=1S/C10H14IN3O2/c1-2-16-10(15)8(12)4-6-3-7(11)5-14-9(6)13/h3,5,8H,2,4,12H2,1H3,(H2,13,14). The fourth-order valence-electron chi connectivity index (χ4n) is 1.22. The van der Waals surface area contributed by atoms with Gasteiger partial charge in [0.05, 0.1) is 6.61 Å². The number of hydrogen-bond acceptors (Lipinski definition) is 5. The molecular formula is C10H14IN3O2. The minimum absolute atomic E-state index is 0.326. The number of carbonyl (C=O) groups is 1. The van der Waals surface area contributed by atoms with Gasteiger partial charge in [0.15, 0.2) is 0 Å². The molecule has 0 saturated carbocycles. The predicted octanol–water partition coefficient (Wildman–Crippen LogP) is 0.701. The zero-order valence-electron chi connectivity index (χ0n) is 8.94. The maximum Gasteiger partial charge on any atom is 0.323 e. The van der Waals surface area contributed by atoms with Gasteiger partial charge in [-0.25, -0.2) is 4.98 Å². The minimum Gasteiger partial charge on any atom is -0.465 e. The summed E-state index contributed by atoms with van der Waals surface area (Å²) in [6, 6.07) is 1.17. The number of carbonyl (C=O) groups excluding carboxylic acids is 1. The average Bonchev–Trinajstić information content (AvgIpc) is 2.23. The van der Waals surface area contributed by atoms with E-state index in [0.29, 0.717) is 18.8 Å². The van der Waals surface area contributed by atoms with E-state index in [1.807, 2.05) is 6.07 Å². The summed E-state index contributed by atoms with van der Waals surface area (Å²) in [6.45, 7) is 2.07. The van der Waals surface area contributed by atoms with Gasteiger partial charge in [-0.1, -0.05) is 0 Å². The molecule has 1 heterocycles. The second-order valence-corrected chi connectivity index (χ2v) is 4.51. The summed E-state index contributed by atoms with van der Waals surface area (Å²) in [4.78, 5) is 15.3. The van der Waals surface area contributed by atoms with Gasteiger partial charge in [-0.05, 0) is 41.1 Å². The summed E-state index contributed by atoms with van der Waals surface area (Å²) in [6.07, 6.45) is 2.00. The predicted molar refractivity (Wildman–Crippen MR) is 69.7 cm³/mol. The summed E-state index contributed by atoms with van der Waals surface area (Å²) >= 11 is 2.13. The Hall–Kier alpha value is -0.890. The van der Waals surface area contributed by atoms with E-state index >= 15 is 0 Å². The van der Waals surface area contributed by atoms with Crippen molar-refractivity contribution in [3.63, 3.8) is 0 Å². The second kappa shape index (κ2) is 6.00. The lowest BCUT2D eigenvalue weighted by Crippen LogP contribution is -2.34. The number of nitrogens with two attached hydrogens (primary N) is 2. The molecule has 0 bridgehead atoms. The molecule has 0 radical (unpaired) electrons. The highest BCUT2D eigenvalue weighted by Crippen LogP contribution is 2.14. The molecule has 1 unspecified atom stereocenters. The van der Waals surface area contributed by atoms with Crippen molar-refractivity contribution in [3.8, 4) is 0 Å². The van der Waals surface area contributed by atoms with Crippen LogP contribution >= 0.6 is 22.6 Å². The van der Waals surface area contributed by atoms with Gasteiger partial charge in [0.2, 0.25) is 0 Å². The van der Waals surface area contributed by atoms with E-state index in [-0.39, 0.29) is 0 Å². The van der Waals surface area contributed by atoms with Crippen LogP contribution in [0.3, 0.4) is 0 Å². The Morgan fingerprint density at radius 1 is 1.69 bits per heavy atom. The van der Waals surface area contributed by atoms with E-state index in [2.05, 4.69) is 27.6 Å². The van der Waals surface area contributed by atoms with Crippen molar-refractivity contribution < 1.29 is 9.53 Å². The number of halogens is 1.